The van der Waals surface area contributed by atoms with Gasteiger partial charge in [-0.25, -0.2) is 0 Å². The van der Waals surface area contributed by atoms with Crippen LogP contribution in [0.4, 0.5) is 0 Å². The van der Waals surface area contributed by atoms with Crippen LogP contribution in [0.1, 0.15) is 92.9 Å². The summed E-state index contributed by atoms with van der Waals surface area (Å²) in [5, 5.41) is 0. The zero-order valence-electron chi connectivity index (χ0n) is 16.5. The van der Waals surface area contributed by atoms with Crippen LogP contribution in [0.3, 0.4) is 0 Å². The summed E-state index contributed by atoms with van der Waals surface area (Å²) in [6.07, 6.45) is 22.5. The van der Waals surface area contributed by atoms with Crippen molar-refractivity contribution in [2.75, 3.05) is 0 Å². The van der Waals surface area contributed by atoms with Gasteiger partial charge in [0.2, 0.25) is 0 Å². The van der Waals surface area contributed by atoms with Gasteiger partial charge in [-0.1, -0.05) is 89.8 Å². The smallest absolute Gasteiger partial charge is 0.0351 e. The Balaban J connectivity index is -0.000000105. The molecule has 0 bridgehead atoms. The first kappa shape index (κ1) is 29.0. The minimum Gasteiger partial charge on any atom is -0.103 e. The fraction of sp³-hybridized carbons (Fsp3) is 0.636. The van der Waals surface area contributed by atoms with Gasteiger partial charge < -0.3 is 0 Å². The molecule has 0 rings (SSSR count). The molecule has 0 aliphatic rings. The molecule has 0 aromatic carbocycles. The third kappa shape index (κ3) is 76.2. The lowest BCUT2D eigenvalue weighted by Crippen LogP contribution is -1.65. The fourth-order valence-electron chi connectivity index (χ4n) is 1.10. The van der Waals surface area contributed by atoms with Gasteiger partial charge in [-0.15, -0.1) is 13.2 Å². The first-order valence-electron chi connectivity index (χ1n) is 9.10. The van der Waals surface area contributed by atoms with Crippen LogP contribution < -0.4 is 0 Å². The van der Waals surface area contributed by atoms with E-state index < -0.39 is 0 Å². The van der Waals surface area contributed by atoms with E-state index in [1.807, 2.05) is 13.0 Å². The van der Waals surface area contributed by atoms with Gasteiger partial charge in [0.15, 0.2) is 0 Å². The molecule has 0 heteroatoms. The van der Waals surface area contributed by atoms with Gasteiger partial charge in [0, 0.05) is 0 Å². The van der Waals surface area contributed by atoms with E-state index in [1.165, 1.54) is 44.9 Å². The largest absolute Gasteiger partial charge is 0.103 e. The van der Waals surface area contributed by atoms with Crippen molar-refractivity contribution in [3.8, 4) is 0 Å². The Morgan fingerprint density at radius 2 is 1.09 bits per heavy atom. The van der Waals surface area contributed by atoms with Crippen molar-refractivity contribution >= 4 is 0 Å². The van der Waals surface area contributed by atoms with Crippen LogP contribution in [0.2, 0.25) is 0 Å². The molecule has 0 aliphatic carbocycles. The maximum Gasteiger partial charge on any atom is -0.0351 e. The lowest BCUT2D eigenvalue weighted by molar-refractivity contribution is 0.812. The van der Waals surface area contributed by atoms with Crippen molar-refractivity contribution in [1.82, 2.24) is 0 Å². The molecule has 0 unspecified atom stereocenters. The van der Waals surface area contributed by atoms with E-state index in [4.69, 9.17) is 0 Å². The quantitative estimate of drug-likeness (QED) is 0.311. The van der Waals surface area contributed by atoms with Crippen LogP contribution >= 0.6 is 0 Å². The molecule has 0 N–H and O–H groups in total. The number of allylic oxidation sites excluding steroid dienone is 6. The standard InChI is InChI=1S/C8H16.C7H14.C4H8.C3H6/c1-3-5-7-8-6-4-2;1-3-5-7-6-4-2;1-3-4-2;1-3-2/h5,7H,3-4,6,8H2,1-2H3;3,5H,4,6-7H2,1-2H3;3H,1,4H2,2H3;3H,1H2,2H3/b7-5+;5-3+;;. The molecule has 0 spiro atoms. The average molecular weight is 309 g/mol. The zero-order chi connectivity index (χ0) is 17.9. The van der Waals surface area contributed by atoms with Crippen LogP contribution in [0.25, 0.3) is 0 Å². The summed E-state index contributed by atoms with van der Waals surface area (Å²) < 4.78 is 0. The van der Waals surface area contributed by atoms with Crippen molar-refractivity contribution in [3.05, 3.63) is 49.6 Å². The molecule has 0 radical (unpaired) electrons. The number of hydrogen-bond donors (Lipinski definition) is 0. The van der Waals surface area contributed by atoms with Gasteiger partial charge >= 0.3 is 0 Å². The van der Waals surface area contributed by atoms with Crippen molar-refractivity contribution < 1.29 is 0 Å². The van der Waals surface area contributed by atoms with Crippen LogP contribution in [-0.2, 0) is 0 Å². The second-order valence-corrected chi connectivity index (χ2v) is 4.84. The zero-order valence-corrected chi connectivity index (χ0v) is 16.5. The number of unbranched alkanes of at least 4 members (excludes halogenated alkanes) is 4. The Bertz CT molecular complexity index is 208. The van der Waals surface area contributed by atoms with E-state index in [2.05, 4.69) is 72.1 Å². The normalized spacial score (nSPS) is 9.00. The Hall–Kier alpha value is -1.04. The van der Waals surface area contributed by atoms with Gasteiger partial charge in [-0.05, 0) is 39.5 Å². The van der Waals surface area contributed by atoms with Crippen LogP contribution in [0.5, 0.6) is 0 Å². The van der Waals surface area contributed by atoms with E-state index in [-0.39, 0.29) is 0 Å². The monoisotopic (exact) mass is 308 g/mol. The Morgan fingerprint density at radius 1 is 0.682 bits per heavy atom. The second-order valence-electron chi connectivity index (χ2n) is 4.84. The van der Waals surface area contributed by atoms with Crippen LogP contribution in [0.15, 0.2) is 49.6 Å². The lowest BCUT2D eigenvalue weighted by atomic mass is 10.2. The van der Waals surface area contributed by atoms with Crippen molar-refractivity contribution in [3.63, 3.8) is 0 Å². The third-order valence-corrected chi connectivity index (χ3v) is 2.38. The summed E-state index contributed by atoms with van der Waals surface area (Å²) in [5.74, 6) is 0. The van der Waals surface area contributed by atoms with Gasteiger partial charge in [0.05, 0.1) is 0 Å². The predicted octanol–water partition coefficient (Wildman–Crippen LogP) is 8.67. The van der Waals surface area contributed by atoms with E-state index in [1.54, 1.807) is 6.08 Å². The van der Waals surface area contributed by atoms with Gasteiger partial charge in [0.25, 0.3) is 0 Å². The van der Waals surface area contributed by atoms with E-state index in [9.17, 15) is 0 Å². The molecular weight excluding hydrogens is 264 g/mol. The molecule has 0 amide bonds. The third-order valence-electron chi connectivity index (χ3n) is 2.38. The minimum absolute atomic E-state index is 1.08. The molecule has 0 saturated heterocycles. The Kier molecular flexibility index (Phi) is 56.4. The minimum atomic E-state index is 1.08. The van der Waals surface area contributed by atoms with Gasteiger partial charge in [-0.3, -0.25) is 0 Å². The summed E-state index contributed by atoms with van der Waals surface area (Å²) in [7, 11) is 0. The lowest BCUT2D eigenvalue weighted by Gasteiger charge is -1.85. The fourth-order valence-corrected chi connectivity index (χ4v) is 1.10. The maximum atomic E-state index is 3.48. The second kappa shape index (κ2) is 42.7. The SMILES string of the molecule is C/C=C/CCCC.C=CC.C=CCC.CC/C=C/CCCC. The van der Waals surface area contributed by atoms with Crippen molar-refractivity contribution in [2.45, 2.75) is 92.9 Å². The molecule has 0 nitrogen and oxygen atoms in total. The first-order valence-corrected chi connectivity index (χ1v) is 9.10. The van der Waals surface area contributed by atoms with Crippen molar-refractivity contribution in [2.24, 2.45) is 0 Å². The molecule has 132 valence electrons. The highest BCUT2D eigenvalue weighted by molar-refractivity contribution is 4.79. The van der Waals surface area contributed by atoms with Gasteiger partial charge in [-0.2, -0.15) is 0 Å². The molecule has 22 heavy (non-hydrogen) atoms. The van der Waals surface area contributed by atoms with E-state index in [0.29, 0.717) is 0 Å². The predicted molar refractivity (Wildman–Crippen MR) is 110 cm³/mol. The summed E-state index contributed by atoms with van der Waals surface area (Å²) in [5.41, 5.74) is 0. The van der Waals surface area contributed by atoms with Crippen LogP contribution in [0, 0.1) is 0 Å². The molecule has 0 fully saturated rings. The average Bonchev–Trinajstić information content (AvgIpc) is 2.54. The van der Waals surface area contributed by atoms with E-state index >= 15 is 0 Å². The molecule has 0 aromatic heterocycles. The van der Waals surface area contributed by atoms with Crippen molar-refractivity contribution in [1.29, 1.82) is 0 Å². The summed E-state index contributed by atoms with van der Waals surface area (Å²) in [6, 6.07) is 0. The maximum absolute atomic E-state index is 3.48. The number of rotatable bonds is 8. The molecule has 0 heterocycles. The molecular formula is C22H44. The summed E-state index contributed by atoms with van der Waals surface area (Å²) in [6.45, 7) is 19.5. The number of hydrogen-bond acceptors (Lipinski definition) is 0. The molecule has 0 aromatic rings. The van der Waals surface area contributed by atoms with Gasteiger partial charge in [0.1, 0.15) is 0 Å². The molecule has 0 saturated carbocycles. The summed E-state index contributed by atoms with van der Waals surface area (Å²) >= 11 is 0. The topological polar surface area (TPSA) is 0 Å². The summed E-state index contributed by atoms with van der Waals surface area (Å²) in [4.78, 5) is 0. The Labute approximate surface area is 143 Å². The highest BCUT2D eigenvalue weighted by atomic mass is 13.8. The molecule has 0 atom stereocenters. The Morgan fingerprint density at radius 3 is 1.36 bits per heavy atom. The van der Waals surface area contributed by atoms with Crippen LogP contribution in [-0.4, -0.2) is 0 Å². The highest BCUT2D eigenvalue weighted by Crippen LogP contribution is 1.95. The highest BCUT2D eigenvalue weighted by Gasteiger charge is 1.74. The van der Waals surface area contributed by atoms with E-state index in [0.717, 1.165) is 6.42 Å². The first-order chi connectivity index (χ1) is 10.7. The molecule has 0 aliphatic heterocycles.